The molecule has 18 heavy (non-hydrogen) atoms. The largest absolute Gasteiger partial charge is 0.396 e. The van der Waals surface area contributed by atoms with Crippen molar-refractivity contribution in [2.45, 2.75) is 4.90 Å². The zero-order chi connectivity index (χ0) is 13.4. The van der Waals surface area contributed by atoms with Crippen LogP contribution >= 0.6 is 11.8 Å². The van der Waals surface area contributed by atoms with Gasteiger partial charge in [-0.25, -0.2) is 0 Å². The highest BCUT2D eigenvalue weighted by atomic mass is 32.2. The first kappa shape index (κ1) is 15.0. The number of amides is 1. The van der Waals surface area contributed by atoms with Crippen LogP contribution in [0.25, 0.3) is 0 Å². The Bertz CT molecular complexity index is 368. The molecule has 0 saturated carbocycles. The van der Waals surface area contributed by atoms with E-state index in [2.05, 4.69) is 5.32 Å². The summed E-state index contributed by atoms with van der Waals surface area (Å²) in [5, 5.41) is 11.8. The number of aliphatic hydroxyl groups excluding tert-OH is 1. The van der Waals surface area contributed by atoms with Gasteiger partial charge in [-0.2, -0.15) is 0 Å². The van der Waals surface area contributed by atoms with Gasteiger partial charge in [0.05, 0.1) is 6.61 Å². The average Bonchev–Trinajstić information content (AvgIpc) is 2.42. The number of benzene rings is 1. The van der Waals surface area contributed by atoms with Crippen molar-refractivity contribution in [1.82, 2.24) is 10.2 Å². The SMILES string of the molecule is CNCCN(C)C(=O)c1ccc(SCCO)cc1. The van der Waals surface area contributed by atoms with Gasteiger partial charge in [-0.15, -0.1) is 11.8 Å². The summed E-state index contributed by atoms with van der Waals surface area (Å²) in [6.45, 7) is 1.64. The third kappa shape index (κ3) is 4.68. The maximum Gasteiger partial charge on any atom is 0.253 e. The van der Waals surface area contributed by atoms with E-state index in [-0.39, 0.29) is 12.5 Å². The van der Waals surface area contributed by atoms with Gasteiger partial charge in [-0.05, 0) is 31.3 Å². The molecule has 0 aliphatic carbocycles. The summed E-state index contributed by atoms with van der Waals surface area (Å²) >= 11 is 1.58. The van der Waals surface area contributed by atoms with Crippen molar-refractivity contribution < 1.29 is 9.90 Å². The highest BCUT2D eigenvalue weighted by Crippen LogP contribution is 2.18. The molecule has 0 atom stereocenters. The predicted octanol–water partition coefficient (Wildman–Crippen LogP) is 1.06. The van der Waals surface area contributed by atoms with E-state index >= 15 is 0 Å². The van der Waals surface area contributed by atoms with Crippen LogP contribution in [-0.4, -0.2) is 55.5 Å². The fourth-order valence-electron chi connectivity index (χ4n) is 1.46. The Labute approximate surface area is 112 Å². The van der Waals surface area contributed by atoms with E-state index < -0.39 is 0 Å². The number of carbonyl (C=O) groups is 1. The van der Waals surface area contributed by atoms with Crippen LogP contribution in [0.15, 0.2) is 29.2 Å². The van der Waals surface area contributed by atoms with Gasteiger partial charge in [-0.3, -0.25) is 4.79 Å². The first-order valence-corrected chi connectivity index (χ1v) is 6.91. The lowest BCUT2D eigenvalue weighted by molar-refractivity contribution is 0.0797. The third-order valence-corrected chi connectivity index (χ3v) is 3.50. The zero-order valence-electron chi connectivity index (χ0n) is 10.8. The Morgan fingerprint density at radius 1 is 1.39 bits per heavy atom. The van der Waals surface area contributed by atoms with Crippen molar-refractivity contribution in [3.63, 3.8) is 0 Å². The maximum absolute atomic E-state index is 12.0. The molecular weight excluding hydrogens is 248 g/mol. The number of aliphatic hydroxyl groups is 1. The van der Waals surface area contributed by atoms with Crippen molar-refractivity contribution >= 4 is 17.7 Å². The Balaban J connectivity index is 2.58. The monoisotopic (exact) mass is 268 g/mol. The predicted molar refractivity (Wildman–Crippen MR) is 75.1 cm³/mol. The quantitative estimate of drug-likeness (QED) is 0.726. The first-order chi connectivity index (χ1) is 8.69. The number of carbonyl (C=O) groups excluding carboxylic acids is 1. The molecule has 2 N–H and O–H groups in total. The summed E-state index contributed by atoms with van der Waals surface area (Å²) in [7, 11) is 3.67. The van der Waals surface area contributed by atoms with Crippen LogP contribution in [0.3, 0.4) is 0 Å². The molecule has 0 aliphatic rings. The topological polar surface area (TPSA) is 52.6 Å². The van der Waals surface area contributed by atoms with E-state index in [0.717, 1.165) is 11.4 Å². The van der Waals surface area contributed by atoms with E-state index in [0.29, 0.717) is 17.9 Å². The second kappa shape index (κ2) is 8.13. The summed E-state index contributed by atoms with van der Waals surface area (Å²) in [6.07, 6.45) is 0. The summed E-state index contributed by atoms with van der Waals surface area (Å²) < 4.78 is 0. The van der Waals surface area contributed by atoms with Crippen molar-refractivity contribution in [1.29, 1.82) is 0 Å². The van der Waals surface area contributed by atoms with E-state index in [4.69, 9.17) is 5.11 Å². The average molecular weight is 268 g/mol. The fraction of sp³-hybridized carbons (Fsp3) is 0.462. The zero-order valence-corrected chi connectivity index (χ0v) is 11.7. The molecule has 0 spiro atoms. The van der Waals surface area contributed by atoms with Crippen molar-refractivity contribution in [3.05, 3.63) is 29.8 Å². The Hall–Kier alpha value is -1.04. The number of nitrogens with zero attached hydrogens (tertiary/aromatic N) is 1. The minimum absolute atomic E-state index is 0.0314. The van der Waals surface area contributed by atoms with Gasteiger partial charge in [0.2, 0.25) is 0 Å². The van der Waals surface area contributed by atoms with Gasteiger partial charge in [0.1, 0.15) is 0 Å². The minimum Gasteiger partial charge on any atom is -0.396 e. The van der Waals surface area contributed by atoms with Gasteiger partial charge in [-0.1, -0.05) is 0 Å². The van der Waals surface area contributed by atoms with Gasteiger partial charge in [0, 0.05) is 36.3 Å². The second-order valence-corrected chi connectivity index (χ2v) is 5.10. The van der Waals surface area contributed by atoms with E-state index in [9.17, 15) is 4.79 Å². The highest BCUT2D eigenvalue weighted by Gasteiger charge is 2.10. The summed E-state index contributed by atoms with van der Waals surface area (Å²) in [6, 6.07) is 7.49. The standard InChI is InChI=1S/C13H20N2O2S/c1-14-7-8-15(2)13(17)11-3-5-12(6-4-11)18-10-9-16/h3-6,14,16H,7-10H2,1-2H3. The molecule has 0 fully saturated rings. The molecular formula is C13H20N2O2S. The fourth-order valence-corrected chi connectivity index (χ4v) is 2.11. The highest BCUT2D eigenvalue weighted by molar-refractivity contribution is 7.99. The molecule has 100 valence electrons. The molecule has 1 aromatic carbocycles. The summed E-state index contributed by atoms with van der Waals surface area (Å²) in [4.78, 5) is 14.8. The van der Waals surface area contributed by atoms with Crippen LogP contribution in [-0.2, 0) is 0 Å². The van der Waals surface area contributed by atoms with Gasteiger partial charge < -0.3 is 15.3 Å². The van der Waals surface area contributed by atoms with Gasteiger partial charge in [0.25, 0.3) is 5.91 Å². The molecule has 1 aromatic rings. The number of nitrogens with one attached hydrogen (secondary N) is 1. The smallest absolute Gasteiger partial charge is 0.253 e. The lowest BCUT2D eigenvalue weighted by Gasteiger charge is -2.17. The molecule has 0 aliphatic heterocycles. The Kier molecular flexibility index (Phi) is 6.78. The molecule has 4 nitrogen and oxygen atoms in total. The maximum atomic E-state index is 12.0. The Morgan fingerprint density at radius 2 is 2.06 bits per heavy atom. The molecule has 0 aromatic heterocycles. The van der Waals surface area contributed by atoms with Gasteiger partial charge >= 0.3 is 0 Å². The van der Waals surface area contributed by atoms with Crippen molar-refractivity contribution in [2.75, 3.05) is 39.5 Å². The Morgan fingerprint density at radius 3 is 2.61 bits per heavy atom. The molecule has 5 heteroatoms. The molecule has 1 amide bonds. The minimum atomic E-state index is 0.0314. The molecule has 0 unspecified atom stereocenters. The molecule has 0 saturated heterocycles. The number of rotatable bonds is 7. The molecule has 0 radical (unpaired) electrons. The van der Waals surface area contributed by atoms with Crippen molar-refractivity contribution in [2.24, 2.45) is 0 Å². The van der Waals surface area contributed by atoms with Crippen molar-refractivity contribution in [3.8, 4) is 0 Å². The lowest BCUT2D eigenvalue weighted by atomic mass is 10.2. The molecule has 0 bridgehead atoms. The normalized spacial score (nSPS) is 10.4. The van der Waals surface area contributed by atoms with Crippen LogP contribution in [0.2, 0.25) is 0 Å². The van der Waals surface area contributed by atoms with E-state index in [1.54, 1.807) is 23.7 Å². The number of thioether (sulfide) groups is 1. The van der Waals surface area contributed by atoms with Crippen LogP contribution in [0, 0.1) is 0 Å². The van der Waals surface area contributed by atoms with Crippen LogP contribution < -0.4 is 5.32 Å². The number of likely N-dealkylation sites (N-methyl/N-ethyl adjacent to an activating group) is 2. The first-order valence-electron chi connectivity index (χ1n) is 5.93. The summed E-state index contributed by atoms with van der Waals surface area (Å²) in [5.74, 6) is 0.707. The number of hydrogen-bond acceptors (Lipinski definition) is 4. The van der Waals surface area contributed by atoms with E-state index in [1.165, 1.54) is 0 Å². The molecule has 0 heterocycles. The number of hydrogen-bond donors (Lipinski definition) is 2. The van der Waals surface area contributed by atoms with E-state index in [1.807, 2.05) is 31.3 Å². The van der Waals surface area contributed by atoms with Gasteiger partial charge in [0.15, 0.2) is 0 Å². The van der Waals surface area contributed by atoms with Crippen LogP contribution in [0.5, 0.6) is 0 Å². The lowest BCUT2D eigenvalue weighted by Crippen LogP contribution is -2.32. The van der Waals surface area contributed by atoms with Crippen LogP contribution in [0.4, 0.5) is 0 Å². The second-order valence-electron chi connectivity index (χ2n) is 3.93. The third-order valence-electron chi connectivity index (χ3n) is 2.51. The summed E-state index contributed by atoms with van der Waals surface area (Å²) in [5.41, 5.74) is 0.696. The molecule has 1 rings (SSSR count). The van der Waals surface area contributed by atoms with Crippen LogP contribution in [0.1, 0.15) is 10.4 Å².